The molecule has 2 unspecified atom stereocenters. The van der Waals surface area contributed by atoms with Gasteiger partial charge in [0.15, 0.2) is 0 Å². The molecule has 1 aliphatic heterocycles. The fraction of sp³-hybridized carbons (Fsp3) is 0.474. The molecule has 2 atom stereocenters. The molecule has 2 N–H and O–H groups in total. The van der Waals surface area contributed by atoms with Crippen molar-refractivity contribution in [1.82, 2.24) is 20.4 Å². The normalized spacial score (nSPS) is 20.7. The summed E-state index contributed by atoms with van der Waals surface area (Å²) in [6, 6.07) is 6.52. The number of piperidine rings is 1. The third kappa shape index (κ3) is 3.74. The average molecular weight is 344 g/mol. The first-order valence-corrected chi connectivity index (χ1v) is 8.85. The van der Waals surface area contributed by atoms with Crippen LogP contribution < -0.4 is 10.6 Å². The minimum absolute atomic E-state index is 0.0994. The number of hydrogen-bond donors (Lipinski definition) is 2. The van der Waals surface area contributed by atoms with Gasteiger partial charge in [-0.3, -0.25) is 4.79 Å². The molecule has 2 heterocycles. The van der Waals surface area contributed by atoms with Gasteiger partial charge < -0.3 is 10.6 Å². The molecule has 1 fully saturated rings. The molecule has 0 radical (unpaired) electrons. The van der Waals surface area contributed by atoms with E-state index in [1.54, 1.807) is 23.0 Å². The zero-order valence-corrected chi connectivity index (χ0v) is 14.9. The molecule has 3 rings (SSSR count). The second-order valence-electron chi connectivity index (χ2n) is 6.95. The Balaban J connectivity index is 1.88. The number of carbonyl (C=O) groups excluding carboxylic acids is 1. The van der Waals surface area contributed by atoms with Crippen LogP contribution in [0.4, 0.5) is 4.39 Å². The fourth-order valence-corrected chi connectivity index (χ4v) is 3.36. The highest BCUT2D eigenvalue weighted by Gasteiger charge is 2.26. The summed E-state index contributed by atoms with van der Waals surface area (Å²) in [6.07, 6.45) is 3.64. The van der Waals surface area contributed by atoms with Gasteiger partial charge in [-0.25, -0.2) is 9.07 Å². The summed E-state index contributed by atoms with van der Waals surface area (Å²) in [5.41, 5.74) is 2.16. The van der Waals surface area contributed by atoms with Gasteiger partial charge in [0.1, 0.15) is 5.82 Å². The number of amides is 1. The van der Waals surface area contributed by atoms with Crippen LogP contribution >= 0.6 is 0 Å². The van der Waals surface area contributed by atoms with Gasteiger partial charge in [-0.05, 0) is 56.5 Å². The maximum Gasteiger partial charge on any atom is 0.255 e. The Hall–Kier alpha value is -2.21. The van der Waals surface area contributed by atoms with Crippen LogP contribution in [0.2, 0.25) is 0 Å². The van der Waals surface area contributed by atoms with E-state index in [2.05, 4.69) is 22.7 Å². The van der Waals surface area contributed by atoms with Crippen LogP contribution in [0.5, 0.6) is 0 Å². The molecule has 0 saturated carbocycles. The third-order valence-electron chi connectivity index (χ3n) is 4.75. The van der Waals surface area contributed by atoms with Crippen molar-refractivity contribution >= 4 is 5.91 Å². The molecule has 134 valence electrons. The lowest BCUT2D eigenvalue weighted by Crippen LogP contribution is -2.52. The Labute approximate surface area is 147 Å². The Kier molecular flexibility index (Phi) is 5.18. The van der Waals surface area contributed by atoms with Gasteiger partial charge in [0.25, 0.3) is 5.91 Å². The highest BCUT2D eigenvalue weighted by atomic mass is 19.1. The second-order valence-corrected chi connectivity index (χ2v) is 6.95. The fourth-order valence-electron chi connectivity index (χ4n) is 3.36. The Bertz CT molecular complexity index is 738. The standard InChI is InChI=1S/C19H25FN4O/c1-12(2)18-16(19(25)23-17-5-4-10-21-13(17)3)11-22-24(18)15-8-6-14(20)7-9-15/h6-9,11-13,17,21H,4-5,10H2,1-3H3,(H,23,25). The van der Waals surface area contributed by atoms with Gasteiger partial charge in [-0.2, -0.15) is 5.10 Å². The Morgan fingerprint density at radius 2 is 2.08 bits per heavy atom. The minimum Gasteiger partial charge on any atom is -0.348 e. The summed E-state index contributed by atoms with van der Waals surface area (Å²) in [6.45, 7) is 7.14. The molecule has 1 aromatic carbocycles. The molecule has 1 aliphatic rings. The average Bonchev–Trinajstić information content (AvgIpc) is 3.03. The summed E-state index contributed by atoms with van der Waals surface area (Å²) in [7, 11) is 0. The number of carbonyl (C=O) groups is 1. The van der Waals surface area contributed by atoms with Crippen molar-refractivity contribution in [2.75, 3.05) is 6.54 Å². The topological polar surface area (TPSA) is 59.0 Å². The number of benzene rings is 1. The minimum atomic E-state index is -0.293. The number of nitrogens with one attached hydrogen (secondary N) is 2. The molecule has 1 amide bonds. The van der Waals surface area contributed by atoms with Gasteiger partial charge in [-0.15, -0.1) is 0 Å². The number of nitrogens with zero attached hydrogens (tertiary/aromatic N) is 2. The van der Waals surface area contributed by atoms with Crippen LogP contribution in [0.1, 0.15) is 55.6 Å². The van der Waals surface area contributed by atoms with Crippen LogP contribution in [-0.4, -0.2) is 34.3 Å². The van der Waals surface area contributed by atoms with Gasteiger partial charge >= 0.3 is 0 Å². The lowest BCUT2D eigenvalue weighted by molar-refractivity contribution is 0.0918. The van der Waals surface area contributed by atoms with Crippen molar-refractivity contribution in [1.29, 1.82) is 0 Å². The smallest absolute Gasteiger partial charge is 0.255 e. The van der Waals surface area contributed by atoms with E-state index in [1.165, 1.54) is 12.1 Å². The van der Waals surface area contributed by atoms with Crippen molar-refractivity contribution in [3.05, 3.63) is 47.5 Å². The SMILES string of the molecule is CC(C)c1c(C(=O)NC2CCCNC2C)cnn1-c1ccc(F)cc1. The maximum atomic E-state index is 13.2. The van der Waals surface area contributed by atoms with E-state index in [9.17, 15) is 9.18 Å². The van der Waals surface area contributed by atoms with Crippen molar-refractivity contribution in [2.45, 2.75) is 51.6 Å². The molecule has 0 spiro atoms. The number of hydrogen-bond acceptors (Lipinski definition) is 3. The van der Waals surface area contributed by atoms with Gasteiger partial charge in [-0.1, -0.05) is 13.8 Å². The van der Waals surface area contributed by atoms with Gasteiger partial charge in [0.05, 0.1) is 23.1 Å². The van der Waals surface area contributed by atoms with E-state index >= 15 is 0 Å². The molecule has 25 heavy (non-hydrogen) atoms. The summed E-state index contributed by atoms with van der Waals surface area (Å²) in [4.78, 5) is 12.8. The molecular formula is C19H25FN4O. The summed E-state index contributed by atoms with van der Waals surface area (Å²) >= 11 is 0. The summed E-state index contributed by atoms with van der Waals surface area (Å²) in [5.74, 6) is -0.286. The number of aromatic nitrogens is 2. The van der Waals surface area contributed by atoms with E-state index in [1.807, 2.05) is 13.8 Å². The first-order valence-electron chi connectivity index (χ1n) is 8.85. The monoisotopic (exact) mass is 344 g/mol. The first kappa shape index (κ1) is 17.6. The predicted octanol–water partition coefficient (Wildman–Crippen LogP) is 3.01. The maximum absolute atomic E-state index is 13.2. The molecular weight excluding hydrogens is 319 g/mol. The molecule has 1 aromatic heterocycles. The Morgan fingerprint density at radius 1 is 1.36 bits per heavy atom. The summed E-state index contributed by atoms with van der Waals surface area (Å²) < 4.78 is 14.9. The lowest BCUT2D eigenvalue weighted by Gasteiger charge is -2.30. The highest BCUT2D eigenvalue weighted by molar-refractivity contribution is 5.95. The molecule has 5 nitrogen and oxygen atoms in total. The lowest BCUT2D eigenvalue weighted by atomic mass is 9.99. The van der Waals surface area contributed by atoms with Crippen LogP contribution in [0.3, 0.4) is 0 Å². The van der Waals surface area contributed by atoms with Crippen LogP contribution in [0.15, 0.2) is 30.5 Å². The van der Waals surface area contributed by atoms with E-state index in [4.69, 9.17) is 0 Å². The third-order valence-corrected chi connectivity index (χ3v) is 4.75. The van der Waals surface area contributed by atoms with Gasteiger partial charge in [0.2, 0.25) is 0 Å². The number of rotatable bonds is 4. The largest absolute Gasteiger partial charge is 0.348 e. The van der Waals surface area contributed by atoms with Crippen molar-refractivity contribution in [3.8, 4) is 5.69 Å². The molecule has 0 bridgehead atoms. The van der Waals surface area contributed by atoms with Crippen molar-refractivity contribution in [2.24, 2.45) is 0 Å². The van der Waals surface area contributed by atoms with Gasteiger partial charge in [0, 0.05) is 12.1 Å². The van der Waals surface area contributed by atoms with E-state index < -0.39 is 0 Å². The zero-order valence-electron chi connectivity index (χ0n) is 14.9. The van der Waals surface area contributed by atoms with E-state index in [0.717, 1.165) is 30.8 Å². The van der Waals surface area contributed by atoms with E-state index in [-0.39, 0.29) is 29.7 Å². The molecule has 1 saturated heterocycles. The Morgan fingerprint density at radius 3 is 2.72 bits per heavy atom. The molecule has 6 heteroatoms. The van der Waals surface area contributed by atoms with Crippen LogP contribution in [0, 0.1) is 5.82 Å². The van der Waals surface area contributed by atoms with Crippen molar-refractivity contribution in [3.63, 3.8) is 0 Å². The van der Waals surface area contributed by atoms with Crippen LogP contribution in [-0.2, 0) is 0 Å². The first-order chi connectivity index (χ1) is 12.0. The molecule has 0 aliphatic carbocycles. The highest BCUT2D eigenvalue weighted by Crippen LogP contribution is 2.23. The van der Waals surface area contributed by atoms with Crippen LogP contribution in [0.25, 0.3) is 5.69 Å². The van der Waals surface area contributed by atoms with E-state index in [0.29, 0.717) is 5.56 Å². The molecule has 2 aromatic rings. The van der Waals surface area contributed by atoms with Crippen molar-refractivity contribution < 1.29 is 9.18 Å². The predicted molar refractivity (Wildman–Crippen MR) is 95.6 cm³/mol. The zero-order chi connectivity index (χ0) is 18.0. The number of halogens is 1. The quantitative estimate of drug-likeness (QED) is 0.896. The second kappa shape index (κ2) is 7.35. The summed E-state index contributed by atoms with van der Waals surface area (Å²) in [5, 5.41) is 10.9.